The molecule has 0 aliphatic rings. The van der Waals surface area contributed by atoms with Gasteiger partial charge in [0.2, 0.25) is 5.91 Å². The van der Waals surface area contributed by atoms with Gasteiger partial charge in [-0.2, -0.15) is 0 Å². The van der Waals surface area contributed by atoms with Crippen LogP contribution in [0, 0.1) is 5.92 Å². The minimum atomic E-state index is -0.0741. The Kier molecular flexibility index (Phi) is 4.90. The summed E-state index contributed by atoms with van der Waals surface area (Å²) in [6.45, 7) is 8.15. The van der Waals surface area contributed by atoms with Crippen LogP contribution in [0.4, 0.5) is 0 Å². The van der Waals surface area contributed by atoms with Gasteiger partial charge >= 0.3 is 0 Å². The normalized spacial score (nSPS) is 13.6. The molecular weight excluding hydrogens is 152 g/mol. The fourth-order valence-corrected chi connectivity index (χ4v) is 1.09. The van der Waals surface area contributed by atoms with Gasteiger partial charge in [0.05, 0.1) is 6.04 Å². The minimum Gasteiger partial charge on any atom is -0.358 e. The summed E-state index contributed by atoms with van der Waals surface area (Å²) < 4.78 is 0. The van der Waals surface area contributed by atoms with Gasteiger partial charge in [-0.25, -0.2) is 0 Å². The first-order valence-electron chi connectivity index (χ1n) is 4.46. The maximum Gasteiger partial charge on any atom is 0.237 e. The van der Waals surface area contributed by atoms with E-state index in [2.05, 4.69) is 10.6 Å². The maximum atomic E-state index is 11.3. The van der Waals surface area contributed by atoms with Crippen molar-refractivity contribution >= 4 is 5.91 Å². The van der Waals surface area contributed by atoms with Crippen molar-refractivity contribution in [3.63, 3.8) is 0 Å². The summed E-state index contributed by atoms with van der Waals surface area (Å²) in [5, 5.41) is 5.87. The number of carbonyl (C=O) groups is 1. The fourth-order valence-electron chi connectivity index (χ4n) is 1.09. The highest BCUT2D eigenvalue weighted by atomic mass is 16.2. The molecule has 0 saturated carbocycles. The van der Waals surface area contributed by atoms with Crippen molar-refractivity contribution < 1.29 is 4.79 Å². The Bertz CT molecular complexity index is 143. The monoisotopic (exact) mass is 172 g/mol. The van der Waals surface area contributed by atoms with E-state index in [1.165, 1.54) is 0 Å². The fraction of sp³-hybridized carbons (Fsp3) is 0.889. The van der Waals surface area contributed by atoms with Crippen LogP contribution in [0.5, 0.6) is 0 Å². The molecule has 0 bridgehead atoms. The van der Waals surface area contributed by atoms with Crippen LogP contribution in [-0.4, -0.2) is 25.0 Å². The van der Waals surface area contributed by atoms with E-state index in [-0.39, 0.29) is 11.9 Å². The smallest absolute Gasteiger partial charge is 0.237 e. The van der Waals surface area contributed by atoms with E-state index in [1.54, 1.807) is 7.05 Å². The lowest BCUT2D eigenvalue weighted by atomic mass is 10.0. The molecule has 1 unspecified atom stereocenters. The molecule has 0 radical (unpaired) electrons. The molecule has 12 heavy (non-hydrogen) atoms. The number of amides is 1. The first-order valence-corrected chi connectivity index (χ1v) is 4.46. The average molecular weight is 172 g/mol. The third-order valence-electron chi connectivity index (χ3n) is 1.71. The van der Waals surface area contributed by atoms with Gasteiger partial charge in [0.25, 0.3) is 0 Å². The van der Waals surface area contributed by atoms with Crippen molar-refractivity contribution in [2.75, 3.05) is 7.05 Å². The number of likely N-dealkylation sites (N-methyl/N-ethyl adjacent to an activating group) is 1. The number of carbonyl (C=O) groups excluding carboxylic acids is 1. The van der Waals surface area contributed by atoms with Gasteiger partial charge in [0.1, 0.15) is 0 Å². The van der Waals surface area contributed by atoms with Gasteiger partial charge in [0.15, 0.2) is 0 Å². The molecule has 1 atom stereocenters. The highest BCUT2D eigenvalue weighted by Gasteiger charge is 2.20. The summed E-state index contributed by atoms with van der Waals surface area (Å²) in [5.74, 6) is 0.394. The molecule has 0 fully saturated rings. The highest BCUT2D eigenvalue weighted by molar-refractivity contribution is 5.81. The maximum absolute atomic E-state index is 11.3. The topological polar surface area (TPSA) is 41.1 Å². The molecule has 3 heteroatoms. The predicted molar refractivity (Wildman–Crippen MR) is 51.0 cm³/mol. The van der Waals surface area contributed by atoms with Crippen LogP contribution in [0.1, 0.15) is 27.7 Å². The third kappa shape index (κ3) is 3.72. The average Bonchev–Trinajstić information content (AvgIpc) is 1.98. The van der Waals surface area contributed by atoms with Gasteiger partial charge in [-0.15, -0.1) is 0 Å². The van der Waals surface area contributed by atoms with E-state index >= 15 is 0 Å². The number of nitrogens with one attached hydrogen (secondary N) is 2. The molecule has 72 valence electrons. The van der Waals surface area contributed by atoms with Gasteiger partial charge < -0.3 is 10.6 Å². The van der Waals surface area contributed by atoms with Crippen LogP contribution in [-0.2, 0) is 4.79 Å². The SMILES string of the molecule is CNC(=O)C(NC(C)C)C(C)C. The summed E-state index contributed by atoms with van der Waals surface area (Å²) >= 11 is 0. The lowest BCUT2D eigenvalue weighted by Crippen LogP contribution is -2.48. The Morgan fingerprint density at radius 2 is 1.67 bits per heavy atom. The predicted octanol–water partition coefficient (Wildman–Crippen LogP) is 0.755. The number of rotatable bonds is 4. The summed E-state index contributed by atoms with van der Waals surface area (Å²) in [5.41, 5.74) is 0. The Morgan fingerprint density at radius 3 is 1.92 bits per heavy atom. The molecule has 0 aliphatic heterocycles. The molecule has 0 aliphatic carbocycles. The van der Waals surface area contributed by atoms with E-state index in [0.29, 0.717) is 12.0 Å². The Hall–Kier alpha value is -0.570. The summed E-state index contributed by atoms with van der Waals surface area (Å²) in [6.07, 6.45) is 0. The largest absolute Gasteiger partial charge is 0.358 e. The lowest BCUT2D eigenvalue weighted by molar-refractivity contribution is -0.123. The second-order valence-corrected chi connectivity index (χ2v) is 3.66. The van der Waals surface area contributed by atoms with Crippen LogP contribution < -0.4 is 10.6 Å². The zero-order valence-electron chi connectivity index (χ0n) is 8.64. The van der Waals surface area contributed by atoms with Crippen molar-refractivity contribution in [1.29, 1.82) is 0 Å². The van der Waals surface area contributed by atoms with Crippen molar-refractivity contribution in [3.8, 4) is 0 Å². The molecule has 0 rings (SSSR count). The van der Waals surface area contributed by atoms with Gasteiger partial charge in [-0.1, -0.05) is 27.7 Å². The van der Waals surface area contributed by atoms with Gasteiger partial charge in [0, 0.05) is 13.1 Å². The first kappa shape index (κ1) is 11.4. The summed E-state index contributed by atoms with van der Waals surface area (Å²) in [4.78, 5) is 11.3. The van der Waals surface area contributed by atoms with Crippen LogP contribution in [0.3, 0.4) is 0 Å². The molecule has 0 saturated heterocycles. The summed E-state index contributed by atoms with van der Waals surface area (Å²) in [7, 11) is 1.67. The van der Waals surface area contributed by atoms with Crippen LogP contribution >= 0.6 is 0 Å². The zero-order chi connectivity index (χ0) is 9.72. The van der Waals surface area contributed by atoms with Crippen LogP contribution in [0.25, 0.3) is 0 Å². The Balaban J connectivity index is 4.13. The Morgan fingerprint density at radius 1 is 1.17 bits per heavy atom. The van der Waals surface area contributed by atoms with Crippen LogP contribution in [0.2, 0.25) is 0 Å². The molecule has 0 aromatic carbocycles. The molecule has 1 amide bonds. The zero-order valence-corrected chi connectivity index (χ0v) is 8.64. The standard InChI is InChI=1S/C9H20N2O/c1-6(2)8(9(12)10-5)11-7(3)4/h6-8,11H,1-5H3,(H,10,12). The third-order valence-corrected chi connectivity index (χ3v) is 1.71. The molecule has 0 aromatic heterocycles. The number of hydrogen-bond donors (Lipinski definition) is 2. The van der Waals surface area contributed by atoms with E-state index in [4.69, 9.17) is 0 Å². The van der Waals surface area contributed by atoms with Crippen molar-refractivity contribution in [2.24, 2.45) is 5.92 Å². The molecule has 0 aromatic rings. The van der Waals surface area contributed by atoms with E-state index in [0.717, 1.165) is 0 Å². The molecular formula is C9H20N2O. The second-order valence-electron chi connectivity index (χ2n) is 3.66. The van der Waals surface area contributed by atoms with Crippen LogP contribution in [0.15, 0.2) is 0 Å². The van der Waals surface area contributed by atoms with Crippen molar-refractivity contribution in [2.45, 2.75) is 39.8 Å². The first-order chi connectivity index (χ1) is 5.49. The van der Waals surface area contributed by atoms with E-state index in [9.17, 15) is 4.79 Å². The second kappa shape index (κ2) is 5.14. The van der Waals surface area contributed by atoms with Crippen molar-refractivity contribution in [3.05, 3.63) is 0 Å². The van der Waals surface area contributed by atoms with E-state index < -0.39 is 0 Å². The van der Waals surface area contributed by atoms with Crippen molar-refractivity contribution in [1.82, 2.24) is 10.6 Å². The molecule has 3 nitrogen and oxygen atoms in total. The Labute approximate surface area is 74.9 Å². The van der Waals surface area contributed by atoms with Gasteiger partial charge in [-0.05, 0) is 5.92 Å². The highest BCUT2D eigenvalue weighted by Crippen LogP contribution is 2.02. The molecule has 0 heterocycles. The lowest BCUT2D eigenvalue weighted by Gasteiger charge is -2.22. The van der Waals surface area contributed by atoms with Gasteiger partial charge in [-0.3, -0.25) is 4.79 Å². The molecule has 0 spiro atoms. The molecule has 2 N–H and O–H groups in total. The summed E-state index contributed by atoms with van der Waals surface area (Å²) in [6, 6.07) is 0.268. The quantitative estimate of drug-likeness (QED) is 0.657. The minimum absolute atomic E-state index is 0.0682. The van der Waals surface area contributed by atoms with E-state index in [1.807, 2.05) is 27.7 Å². The number of hydrogen-bond acceptors (Lipinski definition) is 2.